The number of carbonyl (C=O) groups excluding carboxylic acids is 3. The number of fused-ring (bicyclic) bond motifs is 1. The van der Waals surface area contributed by atoms with Gasteiger partial charge in [0.05, 0.1) is 5.56 Å². The molecule has 1 heterocycles. The maximum atomic E-state index is 13.4. The average molecular weight is 567 g/mol. The summed E-state index contributed by atoms with van der Waals surface area (Å²) in [6.07, 6.45) is 3.95. The molecular formula is C26H29Cl2N3O5S. The van der Waals surface area contributed by atoms with E-state index < -0.39 is 22.0 Å². The van der Waals surface area contributed by atoms with Crippen molar-refractivity contribution in [3.8, 4) is 0 Å². The van der Waals surface area contributed by atoms with E-state index in [1.807, 2.05) is 0 Å². The molecule has 2 aliphatic rings. The Bertz CT molecular complexity index is 1290. The molecule has 3 amide bonds. The van der Waals surface area contributed by atoms with Crippen LogP contribution in [0.3, 0.4) is 0 Å². The minimum atomic E-state index is -3.96. The van der Waals surface area contributed by atoms with Crippen molar-refractivity contribution in [3.05, 3.63) is 63.6 Å². The van der Waals surface area contributed by atoms with Gasteiger partial charge in [0.2, 0.25) is 11.8 Å². The largest absolute Gasteiger partial charge is 0.352 e. The lowest BCUT2D eigenvalue weighted by Gasteiger charge is -2.30. The average Bonchev–Trinajstić information content (AvgIpc) is 3.44. The Morgan fingerprint density at radius 2 is 1.73 bits per heavy atom. The van der Waals surface area contributed by atoms with Gasteiger partial charge in [-0.15, -0.1) is 0 Å². The summed E-state index contributed by atoms with van der Waals surface area (Å²) in [6, 6.07) is 10.3. The summed E-state index contributed by atoms with van der Waals surface area (Å²) >= 11 is 12.7. The van der Waals surface area contributed by atoms with Crippen LogP contribution in [0.25, 0.3) is 0 Å². The molecule has 0 radical (unpaired) electrons. The summed E-state index contributed by atoms with van der Waals surface area (Å²) in [7, 11) is -3.96. The van der Waals surface area contributed by atoms with Gasteiger partial charge in [0.15, 0.2) is 0 Å². The van der Waals surface area contributed by atoms with Gasteiger partial charge in [0.25, 0.3) is 15.9 Å². The smallest absolute Gasteiger partial charge is 0.269 e. The molecule has 1 aliphatic carbocycles. The van der Waals surface area contributed by atoms with Gasteiger partial charge >= 0.3 is 0 Å². The second kappa shape index (κ2) is 11.4. The fraction of sp³-hybridized carbons (Fsp3) is 0.423. The molecule has 1 saturated carbocycles. The highest BCUT2D eigenvalue weighted by Gasteiger charge is 2.40. The van der Waals surface area contributed by atoms with Crippen molar-refractivity contribution in [2.75, 3.05) is 6.54 Å². The number of carbonyl (C=O) groups is 3. The molecule has 4 rings (SSSR count). The minimum Gasteiger partial charge on any atom is -0.352 e. The number of amides is 3. The van der Waals surface area contributed by atoms with Crippen LogP contribution in [0.4, 0.5) is 0 Å². The normalized spacial score (nSPS) is 17.5. The van der Waals surface area contributed by atoms with E-state index in [0.717, 1.165) is 30.0 Å². The zero-order chi connectivity index (χ0) is 26.7. The highest BCUT2D eigenvalue weighted by Crippen LogP contribution is 2.31. The molecule has 2 aromatic rings. The molecule has 8 nitrogen and oxygen atoms in total. The van der Waals surface area contributed by atoms with E-state index in [1.165, 1.54) is 17.0 Å². The first-order chi connectivity index (χ1) is 17.6. The van der Waals surface area contributed by atoms with Crippen molar-refractivity contribution in [1.29, 1.82) is 0 Å². The van der Waals surface area contributed by atoms with Crippen LogP contribution in [-0.2, 0) is 26.2 Å². The van der Waals surface area contributed by atoms with Crippen molar-refractivity contribution in [3.63, 3.8) is 0 Å². The van der Waals surface area contributed by atoms with Crippen LogP contribution < -0.4 is 5.32 Å². The van der Waals surface area contributed by atoms with E-state index in [1.54, 1.807) is 37.3 Å². The maximum Gasteiger partial charge on any atom is 0.269 e. The Morgan fingerprint density at radius 1 is 1.08 bits per heavy atom. The zero-order valence-corrected chi connectivity index (χ0v) is 22.8. The Kier molecular flexibility index (Phi) is 8.46. The van der Waals surface area contributed by atoms with Gasteiger partial charge in [-0.25, -0.2) is 12.7 Å². The summed E-state index contributed by atoms with van der Waals surface area (Å²) in [5.74, 6) is -1.24. The topological polar surface area (TPSA) is 104 Å². The van der Waals surface area contributed by atoms with Crippen molar-refractivity contribution < 1.29 is 22.8 Å². The molecule has 37 heavy (non-hydrogen) atoms. The van der Waals surface area contributed by atoms with Gasteiger partial charge in [0, 0.05) is 41.2 Å². The molecule has 198 valence electrons. The summed E-state index contributed by atoms with van der Waals surface area (Å²) < 4.78 is 26.4. The Labute approximate surface area is 227 Å². The molecular weight excluding hydrogens is 537 g/mol. The van der Waals surface area contributed by atoms with E-state index in [9.17, 15) is 22.8 Å². The van der Waals surface area contributed by atoms with Crippen LogP contribution in [0.5, 0.6) is 0 Å². The lowest BCUT2D eigenvalue weighted by Crippen LogP contribution is -2.49. The Morgan fingerprint density at radius 3 is 2.38 bits per heavy atom. The third kappa shape index (κ3) is 5.78. The zero-order valence-electron chi connectivity index (χ0n) is 20.5. The fourth-order valence-electron chi connectivity index (χ4n) is 4.80. The summed E-state index contributed by atoms with van der Waals surface area (Å²) in [4.78, 5) is 40.5. The number of benzene rings is 2. The molecule has 0 spiro atoms. The first-order valence-corrected chi connectivity index (χ1v) is 14.5. The van der Waals surface area contributed by atoms with Gasteiger partial charge in [-0.3, -0.25) is 14.4 Å². The Hall–Kier alpha value is -2.62. The third-order valence-electron chi connectivity index (χ3n) is 6.92. The summed E-state index contributed by atoms with van der Waals surface area (Å²) in [5, 5.41) is 3.78. The molecule has 1 fully saturated rings. The highest BCUT2D eigenvalue weighted by molar-refractivity contribution is 7.90. The quantitative estimate of drug-likeness (QED) is 0.485. The predicted molar refractivity (Wildman–Crippen MR) is 141 cm³/mol. The number of hydrogen-bond acceptors (Lipinski definition) is 5. The van der Waals surface area contributed by atoms with Crippen LogP contribution in [-0.4, -0.2) is 54.0 Å². The number of sulfonamides is 1. The van der Waals surface area contributed by atoms with Crippen molar-refractivity contribution >= 4 is 50.9 Å². The van der Waals surface area contributed by atoms with E-state index in [-0.39, 0.29) is 54.2 Å². The van der Waals surface area contributed by atoms with E-state index in [4.69, 9.17) is 23.2 Å². The van der Waals surface area contributed by atoms with Gasteiger partial charge in [-0.1, -0.05) is 54.2 Å². The van der Waals surface area contributed by atoms with Crippen LogP contribution in [0.2, 0.25) is 10.0 Å². The number of rotatable bonds is 9. The second-order valence-corrected chi connectivity index (χ2v) is 12.0. The molecule has 0 unspecified atom stereocenters. The summed E-state index contributed by atoms with van der Waals surface area (Å²) in [6.45, 7) is 1.52. The number of nitrogens with one attached hydrogen (secondary N) is 1. The first kappa shape index (κ1) is 27.4. The Balaban J connectivity index is 1.47. The van der Waals surface area contributed by atoms with Gasteiger partial charge in [0.1, 0.15) is 10.9 Å². The standard InChI is InChI=1S/C26H29Cl2N3O5S/c1-17(25(33)29-18-8-2-3-9-18)30(16-20-21(27)11-6-12-22(20)28)24(32)14-7-15-31-26(34)19-10-4-5-13-23(19)37(31,35)36/h4-6,10-13,17-18H,2-3,7-9,14-16H2,1H3,(H,29,33)/t17-/m0/s1. The SMILES string of the molecule is C[C@@H](C(=O)NC1CCCC1)N(Cc1c(Cl)cccc1Cl)C(=O)CCCN1C(=O)c2ccccc2S1(=O)=O. The number of nitrogens with zero attached hydrogens (tertiary/aromatic N) is 2. The second-order valence-electron chi connectivity index (χ2n) is 9.37. The minimum absolute atomic E-state index is 0.0168. The van der Waals surface area contributed by atoms with Crippen LogP contribution >= 0.6 is 23.2 Å². The third-order valence-corrected chi connectivity index (χ3v) is 9.47. The van der Waals surface area contributed by atoms with Crippen molar-refractivity contribution in [2.45, 2.75) is 69.0 Å². The molecule has 2 aromatic carbocycles. The number of hydrogen-bond donors (Lipinski definition) is 1. The molecule has 1 aliphatic heterocycles. The molecule has 1 atom stereocenters. The van der Waals surface area contributed by atoms with E-state index in [0.29, 0.717) is 15.6 Å². The molecule has 0 aromatic heterocycles. The lowest BCUT2D eigenvalue weighted by atomic mass is 10.1. The van der Waals surface area contributed by atoms with Gasteiger partial charge < -0.3 is 10.2 Å². The predicted octanol–water partition coefficient (Wildman–Crippen LogP) is 4.39. The van der Waals surface area contributed by atoms with Crippen molar-refractivity contribution in [1.82, 2.24) is 14.5 Å². The molecule has 0 saturated heterocycles. The van der Waals surface area contributed by atoms with Crippen molar-refractivity contribution in [2.24, 2.45) is 0 Å². The fourth-order valence-corrected chi connectivity index (χ4v) is 6.92. The highest BCUT2D eigenvalue weighted by atomic mass is 35.5. The summed E-state index contributed by atoms with van der Waals surface area (Å²) in [5.41, 5.74) is 0.647. The van der Waals surface area contributed by atoms with Gasteiger partial charge in [-0.2, -0.15) is 0 Å². The first-order valence-electron chi connectivity index (χ1n) is 12.3. The lowest BCUT2D eigenvalue weighted by molar-refractivity contribution is -0.141. The monoisotopic (exact) mass is 565 g/mol. The van der Waals surface area contributed by atoms with Gasteiger partial charge in [-0.05, 0) is 50.5 Å². The van der Waals surface area contributed by atoms with Crippen LogP contribution in [0.15, 0.2) is 47.4 Å². The molecule has 11 heteroatoms. The molecule has 0 bridgehead atoms. The van der Waals surface area contributed by atoms with E-state index in [2.05, 4.69) is 5.32 Å². The van der Waals surface area contributed by atoms with Crippen LogP contribution in [0, 0.1) is 0 Å². The van der Waals surface area contributed by atoms with Crippen LogP contribution in [0.1, 0.15) is 61.4 Å². The van der Waals surface area contributed by atoms with E-state index >= 15 is 0 Å². The number of halogens is 2. The maximum absolute atomic E-state index is 13.4. The molecule has 1 N–H and O–H groups in total.